The SMILES string of the molecule is O=C(/C=C/C1=C(Cl)CCCC1)c1ccccc1. The van der Waals surface area contributed by atoms with E-state index in [0.717, 1.165) is 41.9 Å². The molecular weight excluding hydrogens is 232 g/mol. The van der Waals surface area contributed by atoms with Gasteiger partial charge in [0.25, 0.3) is 0 Å². The Balaban J connectivity index is 2.09. The van der Waals surface area contributed by atoms with Gasteiger partial charge in [-0.2, -0.15) is 0 Å². The lowest BCUT2D eigenvalue weighted by Gasteiger charge is -2.12. The summed E-state index contributed by atoms with van der Waals surface area (Å²) in [7, 11) is 0. The first-order valence-electron chi connectivity index (χ1n) is 5.92. The van der Waals surface area contributed by atoms with Gasteiger partial charge in [-0.1, -0.05) is 48.0 Å². The van der Waals surface area contributed by atoms with E-state index in [2.05, 4.69) is 0 Å². The highest BCUT2D eigenvalue weighted by molar-refractivity contribution is 6.30. The third-order valence-corrected chi connectivity index (χ3v) is 3.37. The van der Waals surface area contributed by atoms with E-state index in [4.69, 9.17) is 11.6 Å². The number of hydrogen-bond donors (Lipinski definition) is 0. The van der Waals surface area contributed by atoms with Crippen LogP contribution in [0.1, 0.15) is 36.0 Å². The summed E-state index contributed by atoms with van der Waals surface area (Å²) in [5.74, 6) is 0.0353. The van der Waals surface area contributed by atoms with Crippen LogP contribution in [0.2, 0.25) is 0 Å². The molecule has 0 radical (unpaired) electrons. The van der Waals surface area contributed by atoms with E-state index >= 15 is 0 Å². The number of rotatable bonds is 3. The number of hydrogen-bond acceptors (Lipinski definition) is 1. The van der Waals surface area contributed by atoms with Crippen molar-refractivity contribution in [1.29, 1.82) is 0 Å². The lowest BCUT2D eigenvalue weighted by atomic mass is 9.98. The van der Waals surface area contributed by atoms with E-state index in [9.17, 15) is 4.79 Å². The first-order valence-corrected chi connectivity index (χ1v) is 6.30. The maximum absolute atomic E-state index is 11.8. The highest BCUT2D eigenvalue weighted by Crippen LogP contribution is 2.28. The first kappa shape index (κ1) is 12.1. The number of benzene rings is 1. The molecule has 0 spiro atoms. The number of carbonyl (C=O) groups is 1. The minimum absolute atomic E-state index is 0.0353. The third-order valence-electron chi connectivity index (χ3n) is 2.94. The molecule has 0 aliphatic heterocycles. The van der Waals surface area contributed by atoms with E-state index in [0.29, 0.717) is 0 Å². The molecule has 0 saturated carbocycles. The molecular formula is C15H15ClO. The van der Waals surface area contributed by atoms with Gasteiger partial charge >= 0.3 is 0 Å². The number of carbonyl (C=O) groups excluding carboxylic acids is 1. The predicted octanol–water partition coefficient (Wildman–Crippen LogP) is 4.49. The minimum atomic E-state index is 0.0353. The summed E-state index contributed by atoms with van der Waals surface area (Å²) in [6, 6.07) is 9.29. The molecule has 0 atom stereocenters. The van der Waals surface area contributed by atoms with Crippen molar-refractivity contribution in [1.82, 2.24) is 0 Å². The molecule has 0 heterocycles. The van der Waals surface area contributed by atoms with Gasteiger partial charge in [-0.05, 0) is 37.3 Å². The average molecular weight is 247 g/mol. The summed E-state index contributed by atoms with van der Waals surface area (Å²) in [6.45, 7) is 0. The van der Waals surface area contributed by atoms with E-state index in [-0.39, 0.29) is 5.78 Å². The van der Waals surface area contributed by atoms with Gasteiger partial charge in [0.1, 0.15) is 0 Å². The van der Waals surface area contributed by atoms with Crippen LogP contribution in [-0.4, -0.2) is 5.78 Å². The van der Waals surface area contributed by atoms with Gasteiger partial charge in [-0.25, -0.2) is 0 Å². The zero-order valence-corrected chi connectivity index (χ0v) is 10.4. The largest absolute Gasteiger partial charge is 0.289 e. The van der Waals surface area contributed by atoms with Gasteiger partial charge in [0.15, 0.2) is 5.78 Å². The Kier molecular flexibility index (Phi) is 4.16. The lowest BCUT2D eigenvalue weighted by Crippen LogP contribution is -1.96. The Bertz CT molecular complexity index is 457. The van der Waals surface area contributed by atoms with Crippen LogP contribution in [0.3, 0.4) is 0 Å². The highest BCUT2D eigenvalue weighted by Gasteiger charge is 2.08. The second-order valence-corrected chi connectivity index (χ2v) is 4.66. The van der Waals surface area contributed by atoms with Crippen molar-refractivity contribution in [2.24, 2.45) is 0 Å². The lowest BCUT2D eigenvalue weighted by molar-refractivity contribution is 0.104. The number of ketones is 1. The summed E-state index contributed by atoms with van der Waals surface area (Å²) in [4.78, 5) is 11.8. The van der Waals surface area contributed by atoms with Crippen molar-refractivity contribution in [2.75, 3.05) is 0 Å². The van der Waals surface area contributed by atoms with Crippen molar-refractivity contribution in [2.45, 2.75) is 25.7 Å². The Hall–Kier alpha value is -1.34. The van der Waals surface area contributed by atoms with Gasteiger partial charge in [-0.3, -0.25) is 4.79 Å². The molecule has 0 saturated heterocycles. The van der Waals surface area contributed by atoms with Gasteiger partial charge in [0.05, 0.1) is 0 Å². The predicted molar refractivity (Wildman–Crippen MR) is 71.3 cm³/mol. The Morgan fingerprint density at radius 2 is 1.82 bits per heavy atom. The summed E-state index contributed by atoms with van der Waals surface area (Å²) in [5, 5.41) is 0.911. The zero-order valence-electron chi connectivity index (χ0n) is 9.66. The Labute approximate surface area is 107 Å². The molecule has 0 N–H and O–H groups in total. The van der Waals surface area contributed by atoms with Crippen LogP contribution in [0.4, 0.5) is 0 Å². The first-order chi connectivity index (χ1) is 8.27. The second kappa shape index (κ2) is 5.83. The van der Waals surface area contributed by atoms with E-state index < -0.39 is 0 Å². The fourth-order valence-corrected chi connectivity index (χ4v) is 2.23. The van der Waals surface area contributed by atoms with E-state index in [1.165, 1.54) is 0 Å². The standard InChI is InChI=1S/C15H15ClO/c16-14-9-5-4-6-12(14)10-11-15(17)13-7-2-1-3-8-13/h1-3,7-8,10-11H,4-6,9H2/b11-10+. The fraction of sp³-hybridized carbons (Fsp3) is 0.267. The molecule has 0 amide bonds. The summed E-state index contributed by atoms with van der Waals surface area (Å²) in [6.07, 6.45) is 7.74. The molecule has 2 heteroatoms. The fourth-order valence-electron chi connectivity index (χ4n) is 1.94. The van der Waals surface area contributed by atoms with Crippen molar-refractivity contribution < 1.29 is 4.79 Å². The summed E-state index contributed by atoms with van der Waals surface area (Å²) in [5.41, 5.74) is 1.83. The quantitative estimate of drug-likeness (QED) is 0.567. The van der Waals surface area contributed by atoms with E-state index in [1.54, 1.807) is 6.08 Å². The van der Waals surface area contributed by atoms with Gasteiger partial charge < -0.3 is 0 Å². The van der Waals surface area contributed by atoms with Crippen LogP contribution < -0.4 is 0 Å². The molecule has 1 aromatic rings. The number of halogens is 1. The molecule has 1 aromatic carbocycles. The molecule has 17 heavy (non-hydrogen) atoms. The van der Waals surface area contributed by atoms with Gasteiger partial charge in [-0.15, -0.1) is 0 Å². The monoisotopic (exact) mass is 246 g/mol. The molecule has 0 fully saturated rings. The normalized spacial score (nSPS) is 16.5. The Morgan fingerprint density at radius 3 is 2.53 bits per heavy atom. The highest BCUT2D eigenvalue weighted by atomic mass is 35.5. The third kappa shape index (κ3) is 3.31. The van der Waals surface area contributed by atoms with Crippen molar-refractivity contribution in [3.63, 3.8) is 0 Å². The van der Waals surface area contributed by atoms with Crippen molar-refractivity contribution >= 4 is 17.4 Å². The molecule has 88 valence electrons. The van der Waals surface area contributed by atoms with Crippen molar-refractivity contribution in [3.8, 4) is 0 Å². The average Bonchev–Trinajstić information content (AvgIpc) is 2.38. The van der Waals surface area contributed by atoms with Crippen LogP contribution in [0.25, 0.3) is 0 Å². The Morgan fingerprint density at radius 1 is 1.12 bits per heavy atom. The molecule has 0 unspecified atom stereocenters. The maximum Gasteiger partial charge on any atom is 0.185 e. The van der Waals surface area contributed by atoms with Crippen molar-refractivity contribution in [3.05, 3.63) is 58.7 Å². The van der Waals surface area contributed by atoms with Crippen LogP contribution >= 0.6 is 11.6 Å². The smallest absolute Gasteiger partial charge is 0.185 e. The van der Waals surface area contributed by atoms with Crippen LogP contribution in [0.5, 0.6) is 0 Å². The molecule has 1 nitrogen and oxygen atoms in total. The van der Waals surface area contributed by atoms with Crippen LogP contribution in [-0.2, 0) is 0 Å². The van der Waals surface area contributed by atoms with Crippen LogP contribution in [0.15, 0.2) is 53.1 Å². The maximum atomic E-state index is 11.8. The second-order valence-electron chi connectivity index (χ2n) is 4.20. The molecule has 0 aromatic heterocycles. The van der Waals surface area contributed by atoms with Gasteiger partial charge in [0, 0.05) is 10.6 Å². The molecule has 2 rings (SSSR count). The van der Waals surface area contributed by atoms with Gasteiger partial charge in [0.2, 0.25) is 0 Å². The minimum Gasteiger partial charge on any atom is -0.289 e. The van der Waals surface area contributed by atoms with E-state index in [1.807, 2.05) is 36.4 Å². The molecule has 1 aliphatic rings. The summed E-state index contributed by atoms with van der Waals surface area (Å²) < 4.78 is 0. The molecule has 1 aliphatic carbocycles. The summed E-state index contributed by atoms with van der Waals surface area (Å²) >= 11 is 6.13. The topological polar surface area (TPSA) is 17.1 Å². The van der Waals surface area contributed by atoms with Crippen LogP contribution in [0, 0.1) is 0 Å². The zero-order chi connectivity index (χ0) is 12.1. The number of allylic oxidation sites excluding steroid dienone is 4. The molecule has 0 bridgehead atoms.